The van der Waals surface area contributed by atoms with Crippen molar-refractivity contribution in [1.29, 1.82) is 0 Å². The van der Waals surface area contributed by atoms with Gasteiger partial charge in [-0.3, -0.25) is 0 Å². The van der Waals surface area contributed by atoms with Crippen molar-refractivity contribution < 1.29 is 17.9 Å². The topological polar surface area (TPSA) is 21.3 Å². The second-order valence-corrected chi connectivity index (χ2v) is 3.74. The standard InChI is InChI=1S/C10H20F3NO/c1-8(14-3)6-4-5-7-15-9(2)10(11,12)13/h8-9,14H,4-7H2,1-3H3. The molecule has 0 aromatic rings. The minimum atomic E-state index is -4.24. The molecule has 0 fully saturated rings. The highest BCUT2D eigenvalue weighted by molar-refractivity contribution is 4.61. The number of alkyl halides is 3. The molecule has 0 spiro atoms. The highest BCUT2D eigenvalue weighted by Gasteiger charge is 2.36. The normalized spacial score (nSPS) is 16.4. The average molecular weight is 227 g/mol. The van der Waals surface area contributed by atoms with Crippen LogP contribution in [0.25, 0.3) is 0 Å². The SMILES string of the molecule is CNC(C)CCCCOC(C)C(F)(F)F. The summed E-state index contributed by atoms with van der Waals surface area (Å²) in [6, 6.07) is 0.407. The molecular formula is C10H20F3NO. The maximum absolute atomic E-state index is 12.0. The molecule has 0 heterocycles. The summed E-state index contributed by atoms with van der Waals surface area (Å²) in [5, 5.41) is 3.07. The maximum atomic E-state index is 12.0. The summed E-state index contributed by atoms with van der Waals surface area (Å²) < 4.78 is 40.7. The van der Waals surface area contributed by atoms with Crippen LogP contribution in [0, 0.1) is 0 Å². The lowest BCUT2D eigenvalue weighted by molar-refractivity contribution is -0.214. The van der Waals surface area contributed by atoms with Crippen LogP contribution in [0.4, 0.5) is 13.2 Å². The Kier molecular flexibility index (Phi) is 6.92. The van der Waals surface area contributed by atoms with Crippen molar-refractivity contribution in [2.75, 3.05) is 13.7 Å². The van der Waals surface area contributed by atoms with Gasteiger partial charge in [-0.25, -0.2) is 0 Å². The fourth-order valence-corrected chi connectivity index (χ4v) is 1.05. The van der Waals surface area contributed by atoms with Crippen LogP contribution in [-0.2, 0) is 4.74 Å². The number of ether oxygens (including phenoxy) is 1. The van der Waals surface area contributed by atoms with Gasteiger partial charge in [-0.05, 0) is 40.2 Å². The van der Waals surface area contributed by atoms with Crippen molar-refractivity contribution in [2.45, 2.75) is 51.4 Å². The van der Waals surface area contributed by atoms with E-state index in [1.807, 2.05) is 14.0 Å². The second kappa shape index (κ2) is 7.06. The zero-order valence-corrected chi connectivity index (χ0v) is 9.53. The molecule has 2 nitrogen and oxygen atoms in total. The smallest absolute Gasteiger partial charge is 0.369 e. The molecule has 0 saturated heterocycles. The van der Waals surface area contributed by atoms with Crippen LogP contribution < -0.4 is 5.32 Å². The number of unbranched alkanes of at least 4 members (excludes halogenated alkanes) is 1. The first kappa shape index (κ1) is 14.7. The Hall–Kier alpha value is -0.290. The molecule has 0 bridgehead atoms. The van der Waals surface area contributed by atoms with Gasteiger partial charge in [-0.15, -0.1) is 0 Å². The average Bonchev–Trinajstić information content (AvgIpc) is 2.15. The monoisotopic (exact) mass is 227 g/mol. The van der Waals surface area contributed by atoms with E-state index in [9.17, 15) is 13.2 Å². The van der Waals surface area contributed by atoms with Gasteiger partial charge in [-0.2, -0.15) is 13.2 Å². The minimum Gasteiger partial charge on any atom is -0.369 e. The number of nitrogens with one attached hydrogen (secondary N) is 1. The second-order valence-electron chi connectivity index (χ2n) is 3.74. The van der Waals surface area contributed by atoms with Gasteiger partial charge < -0.3 is 10.1 Å². The van der Waals surface area contributed by atoms with Gasteiger partial charge in [0.2, 0.25) is 0 Å². The molecule has 0 aliphatic carbocycles. The van der Waals surface area contributed by atoms with E-state index >= 15 is 0 Å². The Labute approximate surface area is 89.2 Å². The van der Waals surface area contributed by atoms with Crippen LogP contribution in [-0.4, -0.2) is 32.0 Å². The maximum Gasteiger partial charge on any atom is 0.414 e. The Bertz CT molecular complexity index is 161. The van der Waals surface area contributed by atoms with Crippen molar-refractivity contribution in [3.8, 4) is 0 Å². The van der Waals surface area contributed by atoms with Crippen molar-refractivity contribution in [1.82, 2.24) is 5.32 Å². The summed E-state index contributed by atoms with van der Waals surface area (Å²) in [6.45, 7) is 3.26. The van der Waals surface area contributed by atoms with Gasteiger partial charge in [0.1, 0.15) is 0 Å². The van der Waals surface area contributed by atoms with Gasteiger partial charge in [0.05, 0.1) is 0 Å². The van der Waals surface area contributed by atoms with Crippen LogP contribution in [0.3, 0.4) is 0 Å². The quantitative estimate of drug-likeness (QED) is 0.675. The Morgan fingerprint density at radius 1 is 1.20 bits per heavy atom. The van der Waals surface area contributed by atoms with Crippen molar-refractivity contribution in [3.05, 3.63) is 0 Å². The van der Waals surface area contributed by atoms with Crippen LogP contribution in [0.2, 0.25) is 0 Å². The van der Waals surface area contributed by atoms with E-state index < -0.39 is 12.3 Å². The molecule has 2 atom stereocenters. The molecule has 15 heavy (non-hydrogen) atoms. The Morgan fingerprint density at radius 2 is 1.80 bits per heavy atom. The molecule has 0 aliphatic rings. The summed E-state index contributed by atoms with van der Waals surface area (Å²) in [4.78, 5) is 0. The molecule has 0 aromatic carbocycles. The van der Waals surface area contributed by atoms with E-state index in [1.54, 1.807) is 0 Å². The van der Waals surface area contributed by atoms with Gasteiger partial charge in [0.25, 0.3) is 0 Å². The van der Waals surface area contributed by atoms with Crippen LogP contribution >= 0.6 is 0 Å². The predicted octanol–water partition coefficient (Wildman–Crippen LogP) is 2.73. The Balaban J connectivity index is 3.39. The third-order valence-corrected chi connectivity index (χ3v) is 2.35. The first-order valence-corrected chi connectivity index (χ1v) is 5.23. The summed E-state index contributed by atoms with van der Waals surface area (Å²) in [5.41, 5.74) is 0. The highest BCUT2D eigenvalue weighted by atomic mass is 19.4. The first-order chi connectivity index (χ1) is 6.88. The molecule has 0 saturated carbocycles. The highest BCUT2D eigenvalue weighted by Crippen LogP contribution is 2.22. The molecule has 0 aromatic heterocycles. The minimum absolute atomic E-state index is 0.178. The van der Waals surface area contributed by atoms with Gasteiger partial charge in [0, 0.05) is 12.6 Å². The first-order valence-electron chi connectivity index (χ1n) is 5.23. The Morgan fingerprint density at radius 3 is 2.27 bits per heavy atom. The predicted molar refractivity (Wildman–Crippen MR) is 53.8 cm³/mol. The number of rotatable bonds is 7. The lowest BCUT2D eigenvalue weighted by atomic mass is 10.1. The number of halogens is 3. The van der Waals surface area contributed by atoms with E-state index in [0.29, 0.717) is 12.5 Å². The summed E-state index contributed by atoms with van der Waals surface area (Å²) in [6.07, 6.45) is -3.38. The van der Waals surface area contributed by atoms with Crippen LogP contribution in [0.5, 0.6) is 0 Å². The van der Waals surface area contributed by atoms with Gasteiger partial charge in [-0.1, -0.05) is 0 Å². The van der Waals surface area contributed by atoms with E-state index in [0.717, 1.165) is 19.8 Å². The van der Waals surface area contributed by atoms with Gasteiger partial charge in [0.15, 0.2) is 6.10 Å². The largest absolute Gasteiger partial charge is 0.414 e. The third kappa shape index (κ3) is 7.62. The van der Waals surface area contributed by atoms with E-state index in [2.05, 4.69) is 10.1 Å². The zero-order valence-electron chi connectivity index (χ0n) is 9.53. The van der Waals surface area contributed by atoms with Crippen LogP contribution in [0.15, 0.2) is 0 Å². The number of hydrogen-bond donors (Lipinski definition) is 1. The van der Waals surface area contributed by atoms with E-state index in [4.69, 9.17) is 0 Å². The fraction of sp³-hybridized carbons (Fsp3) is 1.00. The molecule has 0 radical (unpaired) electrons. The summed E-state index contributed by atoms with van der Waals surface area (Å²) in [5.74, 6) is 0. The van der Waals surface area contributed by atoms with Gasteiger partial charge >= 0.3 is 6.18 Å². The van der Waals surface area contributed by atoms with E-state index in [-0.39, 0.29) is 6.61 Å². The molecule has 2 unspecified atom stereocenters. The van der Waals surface area contributed by atoms with Crippen molar-refractivity contribution in [2.24, 2.45) is 0 Å². The number of hydrogen-bond acceptors (Lipinski definition) is 2. The molecule has 0 amide bonds. The molecule has 1 N–H and O–H groups in total. The third-order valence-electron chi connectivity index (χ3n) is 2.35. The molecule has 0 aliphatic heterocycles. The molecule has 92 valence electrons. The van der Waals surface area contributed by atoms with E-state index in [1.165, 1.54) is 0 Å². The molecular weight excluding hydrogens is 207 g/mol. The zero-order chi connectivity index (χ0) is 11.9. The lowest BCUT2D eigenvalue weighted by Crippen LogP contribution is -2.28. The van der Waals surface area contributed by atoms with Crippen LogP contribution in [0.1, 0.15) is 33.1 Å². The fourth-order valence-electron chi connectivity index (χ4n) is 1.05. The van der Waals surface area contributed by atoms with Crippen molar-refractivity contribution >= 4 is 0 Å². The molecule has 0 rings (SSSR count). The molecule has 5 heteroatoms. The lowest BCUT2D eigenvalue weighted by Gasteiger charge is -2.16. The van der Waals surface area contributed by atoms with Crippen molar-refractivity contribution in [3.63, 3.8) is 0 Å². The summed E-state index contributed by atoms with van der Waals surface area (Å²) >= 11 is 0. The summed E-state index contributed by atoms with van der Waals surface area (Å²) in [7, 11) is 1.87.